The normalized spacial score (nSPS) is 12.7. The lowest BCUT2D eigenvalue weighted by atomic mass is 9.78. The zero-order valence-corrected chi connectivity index (χ0v) is 12.4. The number of benzene rings is 1. The van der Waals surface area contributed by atoms with Crippen LogP contribution in [0.3, 0.4) is 0 Å². The maximum Gasteiger partial charge on any atom is 0.287 e. The minimum absolute atomic E-state index is 0.00415. The number of nitrogens with zero attached hydrogens (tertiary/aromatic N) is 2. The minimum Gasteiger partial charge on any atom is -0.367 e. The third-order valence-electron chi connectivity index (χ3n) is 3.92. The van der Waals surface area contributed by atoms with Crippen molar-refractivity contribution in [1.82, 2.24) is 4.98 Å². The van der Waals surface area contributed by atoms with E-state index in [9.17, 15) is 10.1 Å². The van der Waals surface area contributed by atoms with Crippen molar-refractivity contribution in [2.75, 3.05) is 5.32 Å². The molecule has 1 atom stereocenters. The van der Waals surface area contributed by atoms with E-state index in [1.54, 1.807) is 6.07 Å². The standard InChI is InChI=1S/C16H19N3O2/c1-12(16(2,3)13-7-5-4-6-8-13)18-15-10-9-14(11-17-15)19(20)21/h4-12H,1-3H3,(H,17,18). The van der Waals surface area contributed by atoms with Gasteiger partial charge in [0, 0.05) is 17.5 Å². The molecule has 0 amide bonds. The summed E-state index contributed by atoms with van der Waals surface area (Å²) in [5, 5.41) is 13.9. The van der Waals surface area contributed by atoms with Gasteiger partial charge in [0.15, 0.2) is 0 Å². The zero-order valence-electron chi connectivity index (χ0n) is 12.4. The average molecular weight is 285 g/mol. The van der Waals surface area contributed by atoms with Gasteiger partial charge in [0.05, 0.1) is 4.92 Å². The van der Waals surface area contributed by atoms with Gasteiger partial charge in [-0.05, 0) is 18.6 Å². The summed E-state index contributed by atoms with van der Waals surface area (Å²) in [4.78, 5) is 14.3. The highest BCUT2D eigenvalue weighted by molar-refractivity contribution is 5.42. The van der Waals surface area contributed by atoms with Crippen molar-refractivity contribution >= 4 is 11.5 Å². The second kappa shape index (κ2) is 5.91. The Balaban J connectivity index is 2.13. The summed E-state index contributed by atoms with van der Waals surface area (Å²) in [5.41, 5.74) is 1.13. The molecule has 0 saturated heterocycles. The van der Waals surface area contributed by atoms with E-state index in [1.807, 2.05) is 18.2 Å². The van der Waals surface area contributed by atoms with Crippen LogP contribution in [0.25, 0.3) is 0 Å². The van der Waals surface area contributed by atoms with Crippen LogP contribution in [-0.2, 0) is 5.41 Å². The number of aromatic nitrogens is 1. The molecule has 0 radical (unpaired) electrons. The van der Waals surface area contributed by atoms with E-state index in [-0.39, 0.29) is 17.1 Å². The molecular weight excluding hydrogens is 266 g/mol. The lowest BCUT2D eigenvalue weighted by Crippen LogP contribution is -2.37. The van der Waals surface area contributed by atoms with Gasteiger partial charge in [0.1, 0.15) is 12.0 Å². The van der Waals surface area contributed by atoms with Crippen LogP contribution in [0, 0.1) is 10.1 Å². The summed E-state index contributed by atoms with van der Waals surface area (Å²) in [6.07, 6.45) is 1.27. The van der Waals surface area contributed by atoms with Gasteiger partial charge in [-0.3, -0.25) is 10.1 Å². The molecule has 2 rings (SSSR count). The van der Waals surface area contributed by atoms with Crippen molar-refractivity contribution in [3.05, 3.63) is 64.3 Å². The number of rotatable bonds is 5. The third-order valence-corrected chi connectivity index (χ3v) is 3.92. The highest BCUT2D eigenvalue weighted by Crippen LogP contribution is 2.28. The van der Waals surface area contributed by atoms with Crippen LogP contribution in [0.2, 0.25) is 0 Å². The van der Waals surface area contributed by atoms with Crippen molar-refractivity contribution in [2.24, 2.45) is 0 Å². The summed E-state index contributed by atoms with van der Waals surface area (Å²) in [6, 6.07) is 13.4. The first kappa shape index (κ1) is 15.0. The second-order valence-electron chi connectivity index (χ2n) is 5.61. The molecule has 0 aliphatic carbocycles. The Bertz CT molecular complexity index is 609. The number of anilines is 1. The van der Waals surface area contributed by atoms with Gasteiger partial charge >= 0.3 is 0 Å². The van der Waals surface area contributed by atoms with Crippen molar-refractivity contribution in [2.45, 2.75) is 32.2 Å². The summed E-state index contributed by atoms with van der Waals surface area (Å²) in [7, 11) is 0. The second-order valence-corrected chi connectivity index (χ2v) is 5.61. The van der Waals surface area contributed by atoms with E-state index in [2.05, 4.69) is 43.2 Å². The summed E-state index contributed by atoms with van der Waals surface area (Å²) < 4.78 is 0. The largest absolute Gasteiger partial charge is 0.367 e. The Kier molecular flexibility index (Phi) is 4.21. The van der Waals surface area contributed by atoms with E-state index in [0.717, 1.165) is 0 Å². The van der Waals surface area contributed by atoms with Crippen LogP contribution in [-0.4, -0.2) is 15.9 Å². The monoisotopic (exact) mass is 285 g/mol. The van der Waals surface area contributed by atoms with Crippen LogP contribution in [0.5, 0.6) is 0 Å². The smallest absolute Gasteiger partial charge is 0.287 e. The zero-order chi connectivity index (χ0) is 15.5. The molecule has 0 bridgehead atoms. The predicted molar refractivity (Wildman–Crippen MR) is 83.4 cm³/mol. The highest BCUT2D eigenvalue weighted by atomic mass is 16.6. The van der Waals surface area contributed by atoms with Crippen LogP contribution in [0.15, 0.2) is 48.7 Å². The molecule has 0 spiro atoms. The number of nitrogens with one attached hydrogen (secondary N) is 1. The molecule has 0 saturated carbocycles. The first-order valence-electron chi connectivity index (χ1n) is 6.84. The Morgan fingerprint density at radius 2 is 1.86 bits per heavy atom. The summed E-state index contributed by atoms with van der Waals surface area (Å²) in [6.45, 7) is 6.40. The SMILES string of the molecule is CC(Nc1ccc([N+](=O)[O-])cn1)C(C)(C)c1ccccc1. The first-order chi connectivity index (χ1) is 9.91. The first-order valence-corrected chi connectivity index (χ1v) is 6.84. The lowest BCUT2D eigenvalue weighted by molar-refractivity contribution is -0.385. The quantitative estimate of drug-likeness (QED) is 0.670. The van der Waals surface area contributed by atoms with E-state index in [1.165, 1.54) is 17.8 Å². The average Bonchev–Trinajstić information content (AvgIpc) is 2.48. The van der Waals surface area contributed by atoms with Gasteiger partial charge in [-0.15, -0.1) is 0 Å². The molecule has 0 aliphatic heterocycles. The third kappa shape index (κ3) is 3.37. The van der Waals surface area contributed by atoms with Crippen LogP contribution >= 0.6 is 0 Å². The van der Waals surface area contributed by atoms with Gasteiger partial charge in [0.25, 0.3) is 5.69 Å². The molecule has 21 heavy (non-hydrogen) atoms. The molecule has 1 aromatic heterocycles. The van der Waals surface area contributed by atoms with Crippen molar-refractivity contribution in [1.29, 1.82) is 0 Å². The number of nitro groups is 1. The Hall–Kier alpha value is -2.43. The van der Waals surface area contributed by atoms with Crippen molar-refractivity contribution in [3.63, 3.8) is 0 Å². The minimum atomic E-state index is -0.450. The fraction of sp³-hybridized carbons (Fsp3) is 0.312. The molecule has 1 heterocycles. The molecule has 2 aromatic rings. The van der Waals surface area contributed by atoms with E-state index >= 15 is 0 Å². The van der Waals surface area contributed by atoms with E-state index < -0.39 is 4.92 Å². The molecule has 5 nitrogen and oxygen atoms in total. The number of pyridine rings is 1. The summed E-state index contributed by atoms with van der Waals surface area (Å²) in [5.74, 6) is 0.636. The van der Waals surface area contributed by atoms with Crippen LogP contribution in [0.1, 0.15) is 26.3 Å². The van der Waals surface area contributed by atoms with Crippen LogP contribution in [0.4, 0.5) is 11.5 Å². The molecule has 110 valence electrons. The van der Waals surface area contributed by atoms with Gasteiger partial charge in [-0.2, -0.15) is 0 Å². The van der Waals surface area contributed by atoms with Crippen molar-refractivity contribution in [3.8, 4) is 0 Å². The maximum atomic E-state index is 10.6. The van der Waals surface area contributed by atoms with E-state index in [4.69, 9.17) is 0 Å². The lowest BCUT2D eigenvalue weighted by Gasteiger charge is -2.33. The van der Waals surface area contributed by atoms with E-state index in [0.29, 0.717) is 5.82 Å². The fourth-order valence-corrected chi connectivity index (χ4v) is 2.10. The molecular formula is C16H19N3O2. The van der Waals surface area contributed by atoms with Gasteiger partial charge in [0.2, 0.25) is 0 Å². The Morgan fingerprint density at radius 3 is 2.38 bits per heavy atom. The molecule has 1 N–H and O–H groups in total. The fourth-order valence-electron chi connectivity index (χ4n) is 2.10. The highest BCUT2D eigenvalue weighted by Gasteiger charge is 2.28. The molecule has 0 fully saturated rings. The van der Waals surface area contributed by atoms with Gasteiger partial charge in [-0.25, -0.2) is 4.98 Å². The molecule has 1 unspecified atom stereocenters. The van der Waals surface area contributed by atoms with Crippen molar-refractivity contribution < 1.29 is 4.92 Å². The summed E-state index contributed by atoms with van der Waals surface area (Å²) >= 11 is 0. The Labute approximate surface area is 124 Å². The number of hydrogen-bond acceptors (Lipinski definition) is 4. The predicted octanol–water partition coefficient (Wildman–Crippen LogP) is 3.77. The van der Waals surface area contributed by atoms with Gasteiger partial charge < -0.3 is 5.32 Å². The maximum absolute atomic E-state index is 10.6. The Morgan fingerprint density at radius 1 is 1.19 bits per heavy atom. The molecule has 0 aliphatic rings. The van der Waals surface area contributed by atoms with Crippen LogP contribution < -0.4 is 5.32 Å². The molecule has 1 aromatic carbocycles. The molecule has 5 heteroatoms. The number of hydrogen-bond donors (Lipinski definition) is 1. The topological polar surface area (TPSA) is 68.1 Å². The van der Waals surface area contributed by atoms with Gasteiger partial charge in [-0.1, -0.05) is 44.2 Å².